The predicted molar refractivity (Wildman–Crippen MR) is 72.3 cm³/mol. The first-order chi connectivity index (χ1) is 9.33. The monoisotopic (exact) mass is 255 g/mol. The quantitative estimate of drug-likeness (QED) is 0.893. The van der Waals surface area contributed by atoms with Crippen molar-refractivity contribution in [2.45, 2.75) is 18.8 Å². The lowest BCUT2D eigenvalue weighted by Gasteiger charge is -2.11. The van der Waals surface area contributed by atoms with Crippen molar-refractivity contribution in [2.75, 3.05) is 6.54 Å². The van der Waals surface area contributed by atoms with Crippen LogP contribution < -0.4 is 5.32 Å². The molecule has 96 valence electrons. The zero-order valence-corrected chi connectivity index (χ0v) is 10.4. The van der Waals surface area contributed by atoms with Crippen LogP contribution >= 0.6 is 0 Å². The first-order valence-corrected chi connectivity index (χ1v) is 6.60. The molecule has 0 unspecified atom stereocenters. The number of nitrogens with zero attached hydrogens (tertiary/aromatic N) is 2. The Morgan fingerprint density at radius 2 is 2.21 bits per heavy atom. The number of aromatic nitrogens is 2. The number of fused-ring (bicyclic) bond motifs is 1. The van der Waals surface area contributed by atoms with Gasteiger partial charge in [0.1, 0.15) is 5.83 Å². The van der Waals surface area contributed by atoms with Crippen molar-refractivity contribution in [1.29, 1.82) is 0 Å². The van der Waals surface area contributed by atoms with Crippen LogP contribution in [0.3, 0.4) is 0 Å². The van der Waals surface area contributed by atoms with Crippen molar-refractivity contribution < 1.29 is 4.39 Å². The van der Waals surface area contributed by atoms with E-state index in [0.717, 1.165) is 16.8 Å². The minimum absolute atomic E-state index is 0.236. The Labute approximate surface area is 110 Å². The molecule has 4 rings (SSSR count). The number of nitrogens with one attached hydrogen (secondary N) is 1. The van der Waals surface area contributed by atoms with E-state index < -0.39 is 0 Å². The van der Waals surface area contributed by atoms with Crippen LogP contribution in [0.4, 0.5) is 4.39 Å². The Morgan fingerprint density at radius 3 is 3.00 bits per heavy atom. The summed E-state index contributed by atoms with van der Waals surface area (Å²) in [6, 6.07) is 6.09. The molecule has 0 aromatic carbocycles. The summed E-state index contributed by atoms with van der Waals surface area (Å²) in [5, 5.41) is 7.61. The maximum atomic E-state index is 13.4. The molecule has 19 heavy (non-hydrogen) atoms. The smallest absolute Gasteiger partial charge is 0.139 e. The highest BCUT2D eigenvalue weighted by Crippen LogP contribution is 2.45. The zero-order chi connectivity index (χ0) is 12.8. The van der Waals surface area contributed by atoms with Gasteiger partial charge >= 0.3 is 0 Å². The van der Waals surface area contributed by atoms with Crippen LogP contribution in [0.15, 0.2) is 42.5 Å². The molecule has 1 saturated carbocycles. The lowest BCUT2D eigenvalue weighted by Crippen LogP contribution is -2.14. The SMILES string of the molecule is FC1=CNCC(c2nn3ccccc3c2C2CC2)=C1. The summed E-state index contributed by atoms with van der Waals surface area (Å²) < 4.78 is 15.3. The molecule has 0 bridgehead atoms. The third-order valence-electron chi connectivity index (χ3n) is 3.71. The molecule has 4 heteroatoms. The second-order valence-corrected chi connectivity index (χ2v) is 5.15. The van der Waals surface area contributed by atoms with Gasteiger partial charge in [0.15, 0.2) is 0 Å². The average molecular weight is 255 g/mol. The number of rotatable bonds is 2. The minimum Gasteiger partial charge on any atom is -0.384 e. The van der Waals surface area contributed by atoms with Gasteiger partial charge in [-0.3, -0.25) is 0 Å². The Bertz CT molecular complexity index is 707. The molecule has 2 aromatic heterocycles. The van der Waals surface area contributed by atoms with Crippen LogP contribution in [0, 0.1) is 0 Å². The average Bonchev–Trinajstić information content (AvgIpc) is 3.18. The fraction of sp³-hybridized carbons (Fsp3) is 0.267. The van der Waals surface area contributed by atoms with E-state index in [0.29, 0.717) is 12.5 Å². The normalized spacial score (nSPS) is 19.0. The Hall–Kier alpha value is -2.10. The maximum Gasteiger partial charge on any atom is 0.139 e. The lowest BCUT2D eigenvalue weighted by molar-refractivity contribution is 0.649. The van der Waals surface area contributed by atoms with Crippen LogP contribution in [0.25, 0.3) is 11.1 Å². The van der Waals surface area contributed by atoms with Crippen molar-refractivity contribution in [3.05, 3.63) is 53.8 Å². The predicted octanol–water partition coefficient (Wildman–Crippen LogP) is 3.01. The van der Waals surface area contributed by atoms with Crippen molar-refractivity contribution in [3.8, 4) is 0 Å². The summed E-state index contributed by atoms with van der Waals surface area (Å²) in [4.78, 5) is 0. The Morgan fingerprint density at radius 1 is 1.32 bits per heavy atom. The highest BCUT2D eigenvalue weighted by molar-refractivity contribution is 5.76. The fourth-order valence-electron chi connectivity index (χ4n) is 2.70. The molecule has 0 atom stereocenters. The number of pyridine rings is 1. The first kappa shape index (κ1) is 10.8. The van der Waals surface area contributed by atoms with E-state index in [1.807, 2.05) is 22.8 Å². The Kier molecular flexibility index (Phi) is 2.24. The molecule has 0 radical (unpaired) electrons. The van der Waals surface area contributed by atoms with Crippen molar-refractivity contribution >= 4 is 11.1 Å². The van der Waals surface area contributed by atoms with Crippen LogP contribution in [-0.4, -0.2) is 16.2 Å². The van der Waals surface area contributed by atoms with Gasteiger partial charge in [0.2, 0.25) is 0 Å². The van der Waals surface area contributed by atoms with Gasteiger partial charge in [-0.05, 0) is 37.0 Å². The van der Waals surface area contributed by atoms with Gasteiger partial charge in [-0.2, -0.15) is 5.10 Å². The van der Waals surface area contributed by atoms with Gasteiger partial charge in [0.25, 0.3) is 0 Å². The summed E-state index contributed by atoms with van der Waals surface area (Å²) in [7, 11) is 0. The third kappa shape index (κ3) is 1.75. The summed E-state index contributed by atoms with van der Waals surface area (Å²) in [6.45, 7) is 0.636. The van der Waals surface area contributed by atoms with Crippen molar-refractivity contribution in [2.24, 2.45) is 0 Å². The summed E-state index contributed by atoms with van der Waals surface area (Å²) in [5.74, 6) is 0.352. The van der Waals surface area contributed by atoms with E-state index in [9.17, 15) is 4.39 Å². The third-order valence-corrected chi connectivity index (χ3v) is 3.71. The van der Waals surface area contributed by atoms with Crippen molar-refractivity contribution in [1.82, 2.24) is 14.9 Å². The summed E-state index contributed by atoms with van der Waals surface area (Å²) >= 11 is 0. The molecule has 0 spiro atoms. The first-order valence-electron chi connectivity index (χ1n) is 6.60. The number of halogens is 1. The second kappa shape index (κ2) is 3.95. The number of hydrogen-bond acceptors (Lipinski definition) is 2. The molecule has 2 aliphatic rings. The van der Waals surface area contributed by atoms with E-state index in [1.165, 1.54) is 24.6 Å². The van der Waals surface area contributed by atoms with Crippen LogP contribution in [0.5, 0.6) is 0 Å². The van der Waals surface area contributed by atoms with Crippen molar-refractivity contribution in [3.63, 3.8) is 0 Å². The topological polar surface area (TPSA) is 29.3 Å². The van der Waals surface area contributed by atoms with E-state index >= 15 is 0 Å². The number of hydrogen-bond donors (Lipinski definition) is 1. The van der Waals surface area contributed by atoms with E-state index in [1.54, 1.807) is 6.08 Å². The Balaban J connectivity index is 1.94. The molecule has 1 aliphatic carbocycles. The van der Waals surface area contributed by atoms with Crippen LogP contribution in [0.2, 0.25) is 0 Å². The molecular formula is C15H14FN3. The number of dihydropyridines is 1. The molecule has 1 N–H and O–H groups in total. The van der Waals surface area contributed by atoms with E-state index in [-0.39, 0.29) is 5.83 Å². The molecular weight excluding hydrogens is 241 g/mol. The molecule has 1 fully saturated rings. The molecule has 0 saturated heterocycles. The largest absolute Gasteiger partial charge is 0.384 e. The van der Waals surface area contributed by atoms with Gasteiger partial charge in [-0.15, -0.1) is 0 Å². The zero-order valence-electron chi connectivity index (χ0n) is 10.4. The second-order valence-electron chi connectivity index (χ2n) is 5.15. The van der Waals surface area contributed by atoms with Gasteiger partial charge < -0.3 is 5.32 Å². The summed E-state index contributed by atoms with van der Waals surface area (Å²) in [6.07, 6.45) is 7.36. The molecule has 2 aromatic rings. The van der Waals surface area contributed by atoms with E-state index in [2.05, 4.69) is 16.5 Å². The minimum atomic E-state index is -0.236. The molecule has 3 heterocycles. The van der Waals surface area contributed by atoms with Crippen LogP contribution in [0.1, 0.15) is 30.0 Å². The van der Waals surface area contributed by atoms with E-state index in [4.69, 9.17) is 0 Å². The highest BCUT2D eigenvalue weighted by Gasteiger charge is 2.31. The van der Waals surface area contributed by atoms with Gasteiger partial charge in [0, 0.05) is 30.1 Å². The molecule has 3 nitrogen and oxygen atoms in total. The summed E-state index contributed by atoms with van der Waals surface area (Å²) in [5.41, 5.74) is 4.31. The highest BCUT2D eigenvalue weighted by atomic mass is 19.1. The lowest BCUT2D eigenvalue weighted by atomic mass is 10.0. The fourth-order valence-corrected chi connectivity index (χ4v) is 2.70. The molecule has 1 aliphatic heterocycles. The maximum absolute atomic E-state index is 13.4. The van der Waals surface area contributed by atoms with Gasteiger partial charge in [-0.25, -0.2) is 8.91 Å². The van der Waals surface area contributed by atoms with Gasteiger partial charge in [0.05, 0.1) is 11.2 Å². The molecule has 0 amide bonds. The number of allylic oxidation sites excluding steroid dienone is 2. The van der Waals surface area contributed by atoms with Crippen LogP contribution in [-0.2, 0) is 0 Å². The van der Waals surface area contributed by atoms with Gasteiger partial charge in [-0.1, -0.05) is 6.07 Å². The standard InChI is InChI=1S/C15H14FN3/c16-12-7-11(8-17-9-12)15-14(10-4-5-10)13-3-1-2-6-19(13)18-15/h1-3,6-7,9-10,17H,4-5,8H2.